The molecule has 0 bridgehead atoms. The number of aromatic amines is 1. The molecule has 258 valence electrons. The van der Waals surface area contributed by atoms with Gasteiger partial charge in [-0.3, -0.25) is 14.8 Å². The number of fused-ring (bicyclic) bond motifs is 1. The number of likely N-dealkylation sites (N-methyl/N-ethyl adjacent to an activating group) is 1. The number of hydrogen-bond donors (Lipinski definition) is 3. The van der Waals surface area contributed by atoms with Gasteiger partial charge in [0.2, 0.25) is 0 Å². The predicted molar refractivity (Wildman–Crippen MR) is 184 cm³/mol. The summed E-state index contributed by atoms with van der Waals surface area (Å²) in [5.74, 6) is -0.540. The maximum absolute atomic E-state index is 14.4. The number of hydrogen-bond acceptors (Lipinski definition) is 11. The summed E-state index contributed by atoms with van der Waals surface area (Å²) in [6.07, 6.45) is 8.04. The first-order valence-electron chi connectivity index (χ1n) is 16.0. The topological polar surface area (TPSA) is 172 Å². The molecule has 0 atom stereocenters. The predicted octanol–water partition coefficient (Wildman–Crippen LogP) is 3.50. The normalized spacial score (nSPS) is 14.3. The SMILES string of the molecule is CN1CCN(Cc2ccc(NC(=O)c3n[nH]cc3Nc3ncnc4c3ccn4CCCc3cc(F)cc(S(=O)(=O)n4cncn4)c3)cc2)CC1. The second-order valence-electron chi connectivity index (χ2n) is 12.1. The maximum atomic E-state index is 14.4. The van der Waals surface area contributed by atoms with E-state index in [1.165, 1.54) is 24.0 Å². The molecule has 7 rings (SSSR count). The fraction of sp³-hybridized carbons (Fsp3) is 0.273. The van der Waals surface area contributed by atoms with Crippen molar-refractivity contribution in [3.63, 3.8) is 0 Å². The van der Waals surface area contributed by atoms with E-state index in [2.05, 4.69) is 57.7 Å². The van der Waals surface area contributed by atoms with Crippen molar-refractivity contribution < 1.29 is 17.6 Å². The van der Waals surface area contributed by atoms with Crippen LogP contribution in [0.25, 0.3) is 11.0 Å². The van der Waals surface area contributed by atoms with Gasteiger partial charge in [-0.15, -0.1) is 9.19 Å². The lowest BCUT2D eigenvalue weighted by Crippen LogP contribution is -2.43. The fourth-order valence-corrected chi connectivity index (χ4v) is 7.04. The Morgan fingerprint density at radius 1 is 1.00 bits per heavy atom. The standard InChI is InChI=1S/C33H35FN12O3S/c1-43-11-13-44(14-12-43)19-23-4-6-26(7-5-23)40-33(47)30-29(18-38-42-30)41-31-28-8-10-45(32(28)37-21-36-31)9-2-3-24-15-25(34)17-27(16-24)50(48,49)46-22-35-20-39-46/h4-8,10,15-18,20-22H,2-3,9,11-14,19H2,1H3,(H,38,42)(H,40,47)(H,36,37,41). The number of aryl methyl sites for hydroxylation is 2. The summed E-state index contributed by atoms with van der Waals surface area (Å²) < 4.78 is 42.7. The highest BCUT2D eigenvalue weighted by Gasteiger charge is 2.21. The van der Waals surface area contributed by atoms with Gasteiger partial charge in [0.15, 0.2) is 5.69 Å². The quantitative estimate of drug-likeness (QED) is 0.171. The van der Waals surface area contributed by atoms with Crippen molar-refractivity contribution in [2.45, 2.75) is 30.8 Å². The van der Waals surface area contributed by atoms with Crippen LogP contribution in [0.2, 0.25) is 0 Å². The van der Waals surface area contributed by atoms with Crippen LogP contribution in [0.3, 0.4) is 0 Å². The minimum atomic E-state index is -4.06. The largest absolute Gasteiger partial charge is 0.336 e. The first kappa shape index (κ1) is 33.0. The number of carbonyl (C=O) groups excluding carboxylic acids is 1. The van der Waals surface area contributed by atoms with Crippen LogP contribution in [0.15, 0.2) is 84.8 Å². The van der Waals surface area contributed by atoms with Gasteiger partial charge in [-0.2, -0.15) is 13.5 Å². The van der Waals surface area contributed by atoms with Gasteiger partial charge < -0.3 is 20.1 Å². The molecule has 1 fully saturated rings. The van der Waals surface area contributed by atoms with Crippen LogP contribution in [0.4, 0.5) is 21.6 Å². The second-order valence-corrected chi connectivity index (χ2v) is 13.9. The van der Waals surface area contributed by atoms with Gasteiger partial charge in [-0.05, 0) is 67.4 Å². The van der Waals surface area contributed by atoms with Crippen molar-refractivity contribution in [2.75, 3.05) is 43.9 Å². The average molecular weight is 699 g/mol. The van der Waals surface area contributed by atoms with E-state index in [0.717, 1.165) is 56.8 Å². The molecule has 3 N–H and O–H groups in total. The van der Waals surface area contributed by atoms with Gasteiger partial charge >= 0.3 is 0 Å². The van der Waals surface area contributed by atoms with Crippen LogP contribution >= 0.6 is 0 Å². The first-order chi connectivity index (χ1) is 24.2. The molecule has 0 radical (unpaired) electrons. The Kier molecular flexibility index (Phi) is 9.34. The number of H-pyrrole nitrogens is 1. The lowest BCUT2D eigenvalue weighted by molar-refractivity contribution is 0.102. The minimum absolute atomic E-state index is 0.179. The summed E-state index contributed by atoms with van der Waals surface area (Å²) in [5, 5.41) is 17.5. The van der Waals surface area contributed by atoms with E-state index in [9.17, 15) is 17.6 Å². The Bertz CT molecular complexity index is 2210. The molecule has 4 aromatic heterocycles. The van der Waals surface area contributed by atoms with Gasteiger partial charge in [0.25, 0.3) is 15.9 Å². The van der Waals surface area contributed by atoms with E-state index in [4.69, 9.17) is 0 Å². The van der Waals surface area contributed by atoms with E-state index < -0.39 is 15.8 Å². The van der Waals surface area contributed by atoms with Gasteiger partial charge in [0, 0.05) is 57.3 Å². The molecule has 15 nitrogen and oxygen atoms in total. The number of piperazine rings is 1. The summed E-state index contributed by atoms with van der Waals surface area (Å²) in [4.78, 5) is 30.3. The third-order valence-corrected chi connectivity index (χ3v) is 10.1. The number of carbonyl (C=O) groups is 1. The maximum Gasteiger partial charge on any atom is 0.284 e. The number of nitrogens with one attached hydrogen (secondary N) is 3. The molecular formula is C33H35FN12O3S. The zero-order chi connectivity index (χ0) is 34.7. The number of nitrogens with zero attached hydrogens (tertiary/aromatic N) is 9. The molecule has 6 aromatic rings. The van der Waals surface area contributed by atoms with Crippen LogP contribution < -0.4 is 10.6 Å². The highest BCUT2D eigenvalue weighted by Crippen LogP contribution is 2.26. The summed E-state index contributed by atoms with van der Waals surface area (Å²) in [7, 11) is -1.92. The van der Waals surface area contributed by atoms with Crippen molar-refractivity contribution in [2.24, 2.45) is 0 Å². The lowest BCUT2D eigenvalue weighted by atomic mass is 10.1. The molecule has 1 aliphatic heterocycles. The summed E-state index contributed by atoms with van der Waals surface area (Å²) in [6.45, 7) is 5.58. The van der Waals surface area contributed by atoms with Crippen molar-refractivity contribution in [1.29, 1.82) is 0 Å². The Hall–Kier alpha value is -5.52. The Labute approximate surface area is 287 Å². The van der Waals surface area contributed by atoms with Crippen molar-refractivity contribution >= 4 is 44.2 Å². The lowest BCUT2D eigenvalue weighted by Gasteiger charge is -2.32. The van der Waals surface area contributed by atoms with E-state index in [1.807, 2.05) is 41.1 Å². The zero-order valence-corrected chi connectivity index (χ0v) is 28.0. The average Bonchev–Trinajstić information content (AvgIpc) is 3.89. The minimum Gasteiger partial charge on any atom is -0.336 e. The summed E-state index contributed by atoms with van der Waals surface area (Å²) in [5.41, 5.74) is 3.67. The molecule has 5 heterocycles. The van der Waals surface area contributed by atoms with Crippen molar-refractivity contribution in [3.8, 4) is 0 Å². The molecule has 2 aromatic carbocycles. The number of benzene rings is 2. The second kappa shape index (κ2) is 14.1. The van der Waals surface area contributed by atoms with Gasteiger partial charge in [-0.1, -0.05) is 12.1 Å². The highest BCUT2D eigenvalue weighted by atomic mass is 32.2. The van der Waals surface area contributed by atoms with Crippen molar-refractivity contribution in [1.82, 2.24) is 48.7 Å². The van der Waals surface area contributed by atoms with Gasteiger partial charge in [0.1, 0.15) is 36.3 Å². The highest BCUT2D eigenvalue weighted by molar-refractivity contribution is 7.89. The Morgan fingerprint density at radius 3 is 2.60 bits per heavy atom. The third kappa shape index (κ3) is 7.24. The zero-order valence-electron chi connectivity index (χ0n) is 27.2. The van der Waals surface area contributed by atoms with E-state index >= 15 is 0 Å². The number of aromatic nitrogens is 8. The Balaban J connectivity index is 0.984. The molecule has 0 saturated carbocycles. The van der Waals surface area contributed by atoms with Crippen LogP contribution in [0, 0.1) is 5.82 Å². The van der Waals surface area contributed by atoms with Crippen LogP contribution in [-0.4, -0.2) is 96.3 Å². The van der Waals surface area contributed by atoms with Gasteiger partial charge in [-0.25, -0.2) is 19.3 Å². The Morgan fingerprint density at radius 2 is 1.82 bits per heavy atom. The van der Waals surface area contributed by atoms with Crippen molar-refractivity contribution in [3.05, 3.63) is 103 Å². The van der Waals surface area contributed by atoms with E-state index in [0.29, 0.717) is 51.9 Å². The number of halogens is 1. The smallest absolute Gasteiger partial charge is 0.284 e. The molecule has 17 heteroatoms. The monoisotopic (exact) mass is 698 g/mol. The number of amides is 1. The fourth-order valence-electron chi connectivity index (χ4n) is 5.91. The van der Waals surface area contributed by atoms with E-state index in [-0.39, 0.29) is 16.5 Å². The summed E-state index contributed by atoms with van der Waals surface area (Å²) >= 11 is 0. The first-order valence-corrected chi connectivity index (χ1v) is 17.5. The molecule has 0 spiro atoms. The van der Waals surface area contributed by atoms with Crippen LogP contribution in [-0.2, 0) is 29.5 Å². The molecule has 1 aliphatic rings. The molecular weight excluding hydrogens is 664 g/mol. The number of anilines is 3. The third-order valence-electron chi connectivity index (χ3n) is 8.62. The van der Waals surface area contributed by atoms with E-state index in [1.54, 1.807) is 6.20 Å². The molecule has 0 unspecified atom stereocenters. The van der Waals surface area contributed by atoms with Gasteiger partial charge in [0.05, 0.1) is 16.0 Å². The number of rotatable bonds is 12. The molecule has 1 amide bonds. The molecule has 50 heavy (non-hydrogen) atoms. The molecule has 1 saturated heterocycles. The van der Waals surface area contributed by atoms with Crippen LogP contribution in [0.1, 0.15) is 28.0 Å². The van der Waals surface area contributed by atoms with Crippen LogP contribution in [0.5, 0.6) is 0 Å². The molecule has 0 aliphatic carbocycles. The summed E-state index contributed by atoms with van der Waals surface area (Å²) in [6, 6.07) is 13.5.